The van der Waals surface area contributed by atoms with Crippen molar-refractivity contribution in [2.45, 2.75) is 0 Å². The molecule has 0 fully saturated rings. The molecule has 10 heteroatoms. The number of aromatic nitrogens is 3. The summed E-state index contributed by atoms with van der Waals surface area (Å²) in [6.07, 6.45) is 4.76. The summed E-state index contributed by atoms with van der Waals surface area (Å²) in [4.78, 5) is 12.0. The average molecular weight is 763 g/mol. The summed E-state index contributed by atoms with van der Waals surface area (Å²) in [6.45, 7) is 0. The van der Waals surface area contributed by atoms with Gasteiger partial charge in [0.1, 0.15) is 0 Å². The molecule has 0 aliphatic carbocycles. The van der Waals surface area contributed by atoms with E-state index >= 15 is 0 Å². The van der Waals surface area contributed by atoms with Gasteiger partial charge >= 0.3 is 20.1 Å². The molecule has 3 heterocycles. The first-order valence-corrected chi connectivity index (χ1v) is 12.2. The summed E-state index contributed by atoms with van der Waals surface area (Å²) in [5.41, 5.74) is 3.07. The second-order valence-electron chi connectivity index (χ2n) is 8.27. The molecule has 3 aromatic carbocycles. The van der Waals surface area contributed by atoms with Gasteiger partial charge in [0.2, 0.25) is 0 Å². The van der Waals surface area contributed by atoms with E-state index in [0.717, 1.165) is 36.4 Å². The SMILES string of the molecule is Fc1c[c-]c(-c2ccccn2)cc1F.Fc1c[c-]c(-c2ccccn2)cc1F.Fc1c[c-]c(-c2ccccn2)cc1F.[Ir+3]. The second kappa shape index (κ2) is 16.1. The van der Waals surface area contributed by atoms with Crippen LogP contribution in [-0.4, -0.2) is 15.0 Å². The quantitative estimate of drug-likeness (QED) is 0.134. The number of rotatable bonds is 3. The standard InChI is InChI=1S/3C11H6F2N.Ir/c3*12-9-5-4-8(7-10(9)13)11-3-1-2-6-14-11;/h3*1-3,5-7H;/q3*-1;+3. The molecule has 0 saturated carbocycles. The summed E-state index contributed by atoms with van der Waals surface area (Å²) in [6, 6.07) is 29.7. The Morgan fingerprint density at radius 1 is 0.395 bits per heavy atom. The topological polar surface area (TPSA) is 38.7 Å². The number of pyridine rings is 3. The monoisotopic (exact) mass is 763 g/mol. The molecule has 0 unspecified atom stereocenters. The first-order valence-electron chi connectivity index (χ1n) is 12.2. The first-order chi connectivity index (χ1) is 20.3. The third-order valence-electron chi connectivity index (χ3n) is 5.38. The van der Waals surface area contributed by atoms with Crippen molar-refractivity contribution >= 4 is 0 Å². The van der Waals surface area contributed by atoms with Crippen LogP contribution in [0.1, 0.15) is 0 Å². The molecule has 0 spiro atoms. The minimum Gasteiger partial charge on any atom is -0.305 e. The zero-order chi connectivity index (χ0) is 29.9. The van der Waals surface area contributed by atoms with Crippen LogP contribution in [0.3, 0.4) is 0 Å². The van der Waals surface area contributed by atoms with Crippen LogP contribution < -0.4 is 0 Å². The normalized spacial score (nSPS) is 9.91. The summed E-state index contributed by atoms with van der Waals surface area (Å²) in [5.74, 6) is -5.35. The Hall–Kier alpha value is -4.66. The third-order valence-corrected chi connectivity index (χ3v) is 5.38. The summed E-state index contributed by atoms with van der Waals surface area (Å²) in [7, 11) is 0. The van der Waals surface area contributed by atoms with Gasteiger partial charge in [-0.05, 0) is 35.3 Å². The van der Waals surface area contributed by atoms with Gasteiger partial charge in [0, 0.05) is 18.6 Å². The third kappa shape index (κ3) is 9.43. The summed E-state index contributed by atoms with van der Waals surface area (Å²) < 4.78 is 76.3. The molecule has 3 nitrogen and oxygen atoms in total. The van der Waals surface area contributed by atoms with Gasteiger partial charge in [0.05, 0.1) is 34.9 Å². The zero-order valence-corrected chi connectivity index (χ0v) is 24.2. The Kier molecular flexibility index (Phi) is 12.3. The van der Waals surface area contributed by atoms with Crippen molar-refractivity contribution in [1.82, 2.24) is 15.0 Å². The van der Waals surface area contributed by atoms with Crippen molar-refractivity contribution in [2.24, 2.45) is 0 Å². The van der Waals surface area contributed by atoms with E-state index in [1.54, 1.807) is 73.2 Å². The van der Waals surface area contributed by atoms with E-state index in [2.05, 4.69) is 33.2 Å². The summed E-state index contributed by atoms with van der Waals surface area (Å²) >= 11 is 0. The molecule has 0 atom stereocenters. The van der Waals surface area contributed by atoms with Gasteiger partial charge in [-0.3, -0.25) is 13.2 Å². The molecule has 3 aromatic heterocycles. The summed E-state index contributed by atoms with van der Waals surface area (Å²) in [5, 5.41) is 0. The fourth-order valence-corrected chi connectivity index (χ4v) is 3.35. The molecule has 0 bridgehead atoms. The smallest absolute Gasteiger partial charge is 0.305 e. The molecule has 0 radical (unpaired) electrons. The molecule has 6 rings (SSSR count). The number of hydrogen-bond donors (Lipinski definition) is 0. The number of hydrogen-bond acceptors (Lipinski definition) is 3. The van der Waals surface area contributed by atoms with E-state index < -0.39 is 34.9 Å². The molecular weight excluding hydrogens is 745 g/mol. The maximum Gasteiger partial charge on any atom is 3.00 e. The minimum atomic E-state index is -0.898. The van der Waals surface area contributed by atoms with Crippen LogP contribution >= 0.6 is 0 Å². The van der Waals surface area contributed by atoms with Crippen molar-refractivity contribution in [3.63, 3.8) is 0 Å². The van der Waals surface area contributed by atoms with E-state index in [0.29, 0.717) is 33.8 Å². The van der Waals surface area contributed by atoms with E-state index in [-0.39, 0.29) is 20.1 Å². The van der Waals surface area contributed by atoms with Crippen LogP contribution in [0.25, 0.3) is 33.8 Å². The Balaban J connectivity index is 0.000000175. The Labute approximate surface area is 257 Å². The maximum absolute atomic E-state index is 12.8. The molecule has 0 aliphatic heterocycles. The number of benzene rings is 3. The van der Waals surface area contributed by atoms with Crippen LogP contribution in [0.15, 0.2) is 110 Å². The molecule has 0 aliphatic rings. The Bertz CT molecular complexity index is 1530. The second-order valence-corrected chi connectivity index (χ2v) is 8.27. The maximum atomic E-state index is 12.8. The van der Waals surface area contributed by atoms with Gasteiger partial charge in [-0.1, -0.05) is 36.4 Å². The Morgan fingerprint density at radius 2 is 0.674 bits per heavy atom. The van der Waals surface area contributed by atoms with Crippen LogP contribution in [-0.2, 0) is 20.1 Å². The van der Waals surface area contributed by atoms with Gasteiger partial charge in [-0.25, -0.2) is 13.2 Å². The average Bonchev–Trinajstić information content (AvgIpc) is 3.03. The molecule has 216 valence electrons. The minimum absolute atomic E-state index is 0. The van der Waals surface area contributed by atoms with Gasteiger partial charge < -0.3 is 15.0 Å². The van der Waals surface area contributed by atoms with Crippen LogP contribution in [0, 0.1) is 53.1 Å². The van der Waals surface area contributed by atoms with E-state index in [9.17, 15) is 26.3 Å². The molecule has 0 amide bonds. The Morgan fingerprint density at radius 3 is 0.884 bits per heavy atom. The van der Waals surface area contributed by atoms with Gasteiger partial charge in [0.15, 0.2) is 0 Å². The fraction of sp³-hybridized carbons (Fsp3) is 0. The predicted molar refractivity (Wildman–Crippen MR) is 145 cm³/mol. The van der Waals surface area contributed by atoms with Gasteiger partial charge in [0.25, 0.3) is 0 Å². The first kappa shape index (κ1) is 32.8. The largest absolute Gasteiger partial charge is 3.00 e. The molecular formula is C33H18F6IrN3. The van der Waals surface area contributed by atoms with Crippen LogP contribution in [0.4, 0.5) is 26.3 Å². The van der Waals surface area contributed by atoms with Crippen LogP contribution in [0.5, 0.6) is 0 Å². The number of nitrogens with zero attached hydrogens (tertiary/aromatic N) is 3. The fourth-order valence-electron chi connectivity index (χ4n) is 3.35. The van der Waals surface area contributed by atoms with Crippen molar-refractivity contribution in [1.29, 1.82) is 0 Å². The van der Waals surface area contributed by atoms with Crippen molar-refractivity contribution < 1.29 is 46.4 Å². The van der Waals surface area contributed by atoms with E-state index in [1.807, 2.05) is 0 Å². The van der Waals surface area contributed by atoms with E-state index in [1.165, 1.54) is 0 Å². The van der Waals surface area contributed by atoms with Gasteiger partial charge in [-0.2, -0.15) is 0 Å². The van der Waals surface area contributed by atoms with Crippen molar-refractivity contribution in [3.05, 3.63) is 163 Å². The van der Waals surface area contributed by atoms with E-state index in [4.69, 9.17) is 0 Å². The molecule has 0 N–H and O–H groups in total. The van der Waals surface area contributed by atoms with Gasteiger partial charge in [-0.15, -0.1) is 71.3 Å². The van der Waals surface area contributed by atoms with Crippen LogP contribution in [0.2, 0.25) is 0 Å². The van der Waals surface area contributed by atoms with Crippen molar-refractivity contribution in [2.75, 3.05) is 0 Å². The predicted octanol–water partition coefficient (Wildman–Crippen LogP) is 8.48. The zero-order valence-electron chi connectivity index (χ0n) is 21.8. The molecule has 43 heavy (non-hydrogen) atoms. The molecule has 6 aromatic rings. The number of halogens is 6. The van der Waals surface area contributed by atoms with Crippen molar-refractivity contribution in [3.8, 4) is 33.8 Å². The molecule has 0 saturated heterocycles.